The van der Waals surface area contributed by atoms with Crippen LogP contribution >= 0.6 is 0 Å². The van der Waals surface area contributed by atoms with Crippen molar-refractivity contribution in [2.45, 2.75) is 18.9 Å². The Balaban J connectivity index is 1.81. The summed E-state index contributed by atoms with van der Waals surface area (Å²) in [6.07, 6.45) is 2.16. The molecule has 1 aliphatic rings. The van der Waals surface area contributed by atoms with E-state index in [4.69, 9.17) is 15.2 Å². The van der Waals surface area contributed by atoms with Crippen molar-refractivity contribution in [2.75, 3.05) is 19.8 Å². The van der Waals surface area contributed by atoms with E-state index < -0.39 is 5.91 Å². The number of carbonyl (C=O) groups excluding carboxylic acids is 2. The minimum atomic E-state index is -0.539. The van der Waals surface area contributed by atoms with E-state index in [9.17, 15) is 9.59 Å². The van der Waals surface area contributed by atoms with Crippen LogP contribution in [-0.2, 0) is 9.53 Å². The van der Waals surface area contributed by atoms with Gasteiger partial charge in [0.1, 0.15) is 5.75 Å². The molecule has 2 amide bonds. The highest BCUT2D eigenvalue weighted by Gasteiger charge is 2.16. The van der Waals surface area contributed by atoms with Crippen molar-refractivity contribution in [3.8, 4) is 5.75 Å². The monoisotopic (exact) mass is 278 g/mol. The predicted octanol–water partition coefficient (Wildman–Crippen LogP) is 0.460. The Labute approximate surface area is 117 Å². The second-order valence-electron chi connectivity index (χ2n) is 4.62. The van der Waals surface area contributed by atoms with E-state index in [1.807, 2.05) is 0 Å². The van der Waals surface area contributed by atoms with E-state index in [0.29, 0.717) is 17.9 Å². The van der Waals surface area contributed by atoms with Gasteiger partial charge in [-0.1, -0.05) is 0 Å². The van der Waals surface area contributed by atoms with Gasteiger partial charge >= 0.3 is 0 Å². The smallest absolute Gasteiger partial charge is 0.255 e. The number of hydrogen-bond donors (Lipinski definition) is 2. The minimum Gasteiger partial charge on any atom is -0.484 e. The summed E-state index contributed by atoms with van der Waals surface area (Å²) in [5, 5.41) is 2.83. The van der Waals surface area contributed by atoms with Crippen LogP contribution in [0.25, 0.3) is 0 Å². The number of nitrogens with two attached hydrogens (primary N) is 1. The molecule has 0 aromatic heterocycles. The van der Waals surface area contributed by atoms with Gasteiger partial charge in [0.05, 0.1) is 6.10 Å². The average molecular weight is 278 g/mol. The molecule has 6 heteroatoms. The molecule has 1 atom stereocenters. The van der Waals surface area contributed by atoms with E-state index in [2.05, 4.69) is 5.32 Å². The molecule has 0 saturated carbocycles. The van der Waals surface area contributed by atoms with Crippen molar-refractivity contribution in [1.29, 1.82) is 0 Å². The summed E-state index contributed by atoms with van der Waals surface area (Å²) in [6, 6.07) is 6.54. The summed E-state index contributed by atoms with van der Waals surface area (Å²) in [5.41, 5.74) is 5.51. The molecule has 1 aliphatic heterocycles. The molecule has 0 aliphatic carbocycles. The fourth-order valence-electron chi connectivity index (χ4n) is 1.97. The van der Waals surface area contributed by atoms with Gasteiger partial charge in [-0.05, 0) is 37.1 Å². The number of primary amides is 1. The number of benzene rings is 1. The Hall–Kier alpha value is -2.08. The molecule has 1 aromatic rings. The first-order valence-electron chi connectivity index (χ1n) is 6.56. The molecule has 1 unspecified atom stereocenters. The van der Waals surface area contributed by atoms with Crippen LogP contribution in [0.15, 0.2) is 24.3 Å². The van der Waals surface area contributed by atoms with E-state index in [1.165, 1.54) is 0 Å². The first kappa shape index (κ1) is 14.3. The van der Waals surface area contributed by atoms with Crippen molar-refractivity contribution in [3.05, 3.63) is 29.8 Å². The highest BCUT2D eigenvalue weighted by molar-refractivity contribution is 5.94. The van der Waals surface area contributed by atoms with Crippen molar-refractivity contribution in [2.24, 2.45) is 5.73 Å². The zero-order chi connectivity index (χ0) is 14.4. The molecule has 20 heavy (non-hydrogen) atoms. The Morgan fingerprint density at radius 1 is 1.35 bits per heavy atom. The molecule has 6 nitrogen and oxygen atoms in total. The Kier molecular flexibility index (Phi) is 4.95. The third-order valence-electron chi connectivity index (χ3n) is 3.01. The summed E-state index contributed by atoms with van der Waals surface area (Å²) in [6.45, 7) is 1.12. The molecule has 1 saturated heterocycles. The van der Waals surface area contributed by atoms with E-state index in [0.717, 1.165) is 19.4 Å². The normalized spacial score (nSPS) is 17.7. The molecule has 108 valence electrons. The van der Waals surface area contributed by atoms with E-state index in [-0.39, 0.29) is 18.6 Å². The zero-order valence-corrected chi connectivity index (χ0v) is 11.1. The number of carbonyl (C=O) groups is 2. The van der Waals surface area contributed by atoms with Crippen LogP contribution in [0.1, 0.15) is 23.2 Å². The summed E-state index contributed by atoms with van der Waals surface area (Å²) >= 11 is 0. The van der Waals surface area contributed by atoms with E-state index >= 15 is 0 Å². The maximum Gasteiger partial charge on any atom is 0.255 e. The average Bonchev–Trinajstić information content (AvgIpc) is 2.96. The van der Waals surface area contributed by atoms with Crippen LogP contribution < -0.4 is 15.8 Å². The number of rotatable bonds is 6. The van der Waals surface area contributed by atoms with Crippen molar-refractivity contribution < 1.29 is 19.1 Å². The van der Waals surface area contributed by atoms with Gasteiger partial charge in [0, 0.05) is 18.7 Å². The molecule has 3 N–H and O–H groups in total. The molecular weight excluding hydrogens is 260 g/mol. The van der Waals surface area contributed by atoms with Crippen molar-refractivity contribution in [1.82, 2.24) is 5.32 Å². The largest absolute Gasteiger partial charge is 0.484 e. The van der Waals surface area contributed by atoms with Gasteiger partial charge in [0.2, 0.25) is 0 Å². The topological polar surface area (TPSA) is 90.7 Å². The first-order valence-corrected chi connectivity index (χ1v) is 6.56. The van der Waals surface area contributed by atoms with Gasteiger partial charge in [0.25, 0.3) is 11.8 Å². The molecule has 0 bridgehead atoms. The standard InChI is InChI=1S/C14H18N2O4/c15-13(17)9-20-11-5-3-10(4-6-11)14(18)16-8-12-2-1-7-19-12/h3-6,12H,1-2,7-9H2,(H2,15,17)(H,16,18). The number of hydrogen-bond acceptors (Lipinski definition) is 4. The number of amides is 2. The Bertz CT molecular complexity index is 467. The SMILES string of the molecule is NC(=O)COc1ccc(C(=O)NCC2CCCO2)cc1. The summed E-state index contributed by atoms with van der Waals surface area (Å²) in [4.78, 5) is 22.5. The van der Waals surface area contributed by atoms with Gasteiger partial charge in [-0.15, -0.1) is 0 Å². The zero-order valence-electron chi connectivity index (χ0n) is 11.1. The molecule has 1 heterocycles. The third-order valence-corrected chi connectivity index (χ3v) is 3.01. The van der Waals surface area contributed by atoms with Crippen LogP contribution in [0, 0.1) is 0 Å². The molecule has 0 radical (unpaired) electrons. The molecule has 1 fully saturated rings. The van der Waals surface area contributed by atoms with Crippen LogP contribution in [0.2, 0.25) is 0 Å². The molecule has 2 rings (SSSR count). The highest BCUT2D eigenvalue weighted by atomic mass is 16.5. The molecular formula is C14H18N2O4. The predicted molar refractivity (Wildman–Crippen MR) is 72.4 cm³/mol. The molecule has 0 spiro atoms. The summed E-state index contributed by atoms with van der Waals surface area (Å²) in [5.74, 6) is -0.190. The lowest BCUT2D eigenvalue weighted by Crippen LogP contribution is -2.31. The van der Waals surface area contributed by atoms with Gasteiger partial charge < -0.3 is 20.5 Å². The first-order chi connectivity index (χ1) is 9.65. The van der Waals surface area contributed by atoms with Crippen molar-refractivity contribution >= 4 is 11.8 Å². The van der Waals surface area contributed by atoms with Crippen LogP contribution in [0.3, 0.4) is 0 Å². The quantitative estimate of drug-likeness (QED) is 0.791. The minimum absolute atomic E-state index is 0.122. The van der Waals surface area contributed by atoms with Crippen LogP contribution in [0.4, 0.5) is 0 Å². The van der Waals surface area contributed by atoms with Crippen molar-refractivity contribution in [3.63, 3.8) is 0 Å². The van der Waals surface area contributed by atoms with Gasteiger partial charge in [0.15, 0.2) is 6.61 Å². The number of ether oxygens (including phenoxy) is 2. The fourth-order valence-corrected chi connectivity index (χ4v) is 1.97. The Morgan fingerprint density at radius 3 is 2.70 bits per heavy atom. The Morgan fingerprint density at radius 2 is 2.10 bits per heavy atom. The molecule has 1 aromatic carbocycles. The second kappa shape index (κ2) is 6.91. The third kappa shape index (κ3) is 4.24. The van der Waals surface area contributed by atoms with Crippen LogP contribution in [-0.4, -0.2) is 37.7 Å². The summed E-state index contributed by atoms with van der Waals surface area (Å²) < 4.78 is 10.6. The van der Waals surface area contributed by atoms with Gasteiger partial charge in [-0.25, -0.2) is 0 Å². The maximum atomic E-state index is 11.9. The highest BCUT2D eigenvalue weighted by Crippen LogP contribution is 2.13. The lowest BCUT2D eigenvalue weighted by atomic mass is 10.2. The van der Waals surface area contributed by atoms with Gasteiger partial charge in [-0.2, -0.15) is 0 Å². The lowest BCUT2D eigenvalue weighted by Gasteiger charge is -2.11. The number of nitrogens with one attached hydrogen (secondary N) is 1. The fraction of sp³-hybridized carbons (Fsp3) is 0.429. The second-order valence-corrected chi connectivity index (χ2v) is 4.62. The summed E-state index contributed by atoms with van der Waals surface area (Å²) in [7, 11) is 0. The van der Waals surface area contributed by atoms with Crippen LogP contribution in [0.5, 0.6) is 5.75 Å². The lowest BCUT2D eigenvalue weighted by molar-refractivity contribution is -0.119. The maximum absolute atomic E-state index is 11.9. The van der Waals surface area contributed by atoms with E-state index in [1.54, 1.807) is 24.3 Å². The van der Waals surface area contributed by atoms with Gasteiger partial charge in [-0.3, -0.25) is 9.59 Å².